The molecule has 1 aromatic heterocycles. The summed E-state index contributed by atoms with van der Waals surface area (Å²) in [5.41, 5.74) is 0.511. The van der Waals surface area contributed by atoms with Gasteiger partial charge in [-0.1, -0.05) is 19.1 Å². The molecule has 0 radical (unpaired) electrons. The minimum atomic E-state index is -0.612. The van der Waals surface area contributed by atoms with E-state index in [0.717, 1.165) is 12.2 Å². The third-order valence-electron chi connectivity index (χ3n) is 2.61. The highest BCUT2D eigenvalue weighted by atomic mass is 19.1. The molecule has 2 N–H and O–H groups in total. The van der Waals surface area contributed by atoms with Crippen LogP contribution < -0.4 is 5.32 Å². The minimum Gasteiger partial charge on any atom is -0.505 e. The van der Waals surface area contributed by atoms with Gasteiger partial charge >= 0.3 is 0 Å². The topological polar surface area (TPSA) is 58.3 Å². The summed E-state index contributed by atoms with van der Waals surface area (Å²) in [4.78, 5) is 4.09. The van der Waals surface area contributed by atoms with Crippen LogP contribution in [-0.4, -0.2) is 10.1 Å². The molecule has 0 bridgehead atoms. The van der Waals surface area contributed by atoms with Crippen LogP contribution in [0.4, 0.5) is 4.39 Å². The summed E-state index contributed by atoms with van der Waals surface area (Å²) >= 11 is 0. The summed E-state index contributed by atoms with van der Waals surface area (Å²) in [5, 5.41) is 12.5. The van der Waals surface area contributed by atoms with Crippen molar-refractivity contribution in [2.24, 2.45) is 0 Å². The number of hydrogen-bond donors (Lipinski definition) is 2. The van der Waals surface area contributed by atoms with Gasteiger partial charge in [-0.2, -0.15) is 0 Å². The summed E-state index contributed by atoms with van der Waals surface area (Å²) in [7, 11) is 0. The lowest BCUT2D eigenvalue weighted by atomic mass is 10.2. The van der Waals surface area contributed by atoms with Crippen LogP contribution in [0, 0.1) is 5.82 Å². The SMILES string of the molecule is CCc1cnc(CNCc2cccc(F)c2O)o1. The first-order valence-corrected chi connectivity index (χ1v) is 5.81. The third kappa shape index (κ3) is 2.87. The lowest BCUT2D eigenvalue weighted by Gasteiger charge is -2.05. The van der Waals surface area contributed by atoms with Crippen molar-refractivity contribution in [1.29, 1.82) is 0 Å². The largest absolute Gasteiger partial charge is 0.505 e. The second-order valence-corrected chi connectivity index (χ2v) is 3.92. The second-order valence-electron chi connectivity index (χ2n) is 3.92. The molecular formula is C13H15FN2O2. The van der Waals surface area contributed by atoms with Crippen LogP contribution >= 0.6 is 0 Å². The smallest absolute Gasteiger partial charge is 0.208 e. The summed E-state index contributed by atoms with van der Waals surface area (Å²) in [6.07, 6.45) is 2.49. The van der Waals surface area contributed by atoms with Crippen molar-refractivity contribution in [1.82, 2.24) is 10.3 Å². The Bertz CT molecular complexity index is 525. The Morgan fingerprint density at radius 1 is 1.39 bits per heavy atom. The lowest BCUT2D eigenvalue weighted by Crippen LogP contribution is -2.13. The molecule has 0 saturated heterocycles. The van der Waals surface area contributed by atoms with E-state index >= 15 is 0 Å². The molecule has 0 amide bonds. The molecule has 0 aliphatic heterocycles. The number of aromatic hydroxyl groups is 1. The maximum absolute atomic E-state index is 13.1. The van der Waals surface area contributed by atoms with Gasteiger partial charge in [0.15, 0.2) is 11.6 Å². The van der Waals surface area contributed by atoms with E-state index in [0.29, 0.717) is 24.5 Å². The zero-order valence-corrected chi connectivity index (χ0v) is 10.1. The Balaban J connectivity index is 1.90. The van der Waals surface area contributed by atoms with Gasteiger partial charge in [-0.05, 0) is 6.07 Å². The van der Waals surface area contributed by atoms with Crippen LogP contribution in [0.5, 0.6) is 5.75 Å². The third-order valence-corrected chi connectivity index (χ3v) is 2.61. The summed E-state index contributed by atoms with van der Waals surface area (Å²) < 4.78 is 18.5. The zero-order valence-electron chi connectivity index (χ0n) is 10.1. The van der Waals surface area contributed by atoms with Crippen LogP contribution in [-0.2, 0) is 19.5 Å². The number of rotatable bonds is 5. The van der Waals surface area contributed by atoms with Crippen LogP contribution in [0.3, 0.4) is 0 Å². The summed E-state index contributed by atoms with van der Waals surface area (Å²) in [5.74, 6) is 0.494. The van der Waals surface area contributed by atoms with Gasteiger partial charge in [0.05, 0.1) is 12.7 Å². The average Bonchev–Trinajstić information content (AvgIpc) is 2.82. The molecule has 18 heavy (non-hydrogen) atoms. The number of nitrogens with one attached hydrogen (secondary N) is 1. The van der Waals surface area contributed by atoms with E-state index in [1.165, 1.54) is 6.07 Å². The molecule has 0 aliphatic carbocycles. The number of aryl methyl sites for hydroxylation is 1. The molecule has 96 valence electrons. The lowest BCUT2D eigenvalue weighted by molar-refractivity contribution is 0.416. The first-order chi connectivity index (χ1) is 8.70. The molecule has 0 saturated carbocycles. The van der Waals surface area contributed by atoms with Crippen molar-refractivity contribution >= 4 is 0 Å². The first-order valence-electron chi connectivity index (χ1n) is 5.81. The molecule has 2 rings (SSSR count). The molecule has 0 spiro atoms. The fourth-order valence-electron chi connectivity index (χ4n) is 1.60. The van der Waals surface area contributed by atoms with Crippen molar-refractivity contribution in [3.63, 3.8) is 0 Å². The molecule has 0 atom stereocenters. The predicted octanol–water partition coefficient (Wildman–Crippen LogP) is 2.37. The minimum absolute atomic E-state index is 0.313. The fraction of sp³-hybridized carbons (Fsp3) is 0.308. The van der Waals surface area contributed by atoms with E-state index in [1.807, 2.05) is 6.92 Å². The molecule has 0 unspecified atom stereocenters. The Labute approximate surface area is 104 Å². The van der Waals surface area contributed by atoms with E-state index in [-0.39, 0.29) is 5.75 Å². The average molecular weight is 250 g/mol. The molecule has 0 fully saturated rings. The van der Waals surface area contributed by atoms with E-state index < -0.39 is 5.82 Å². The van der Waals surface area contributed by atoms with Crippen molar-refractivity contribution in [2.75, 3.05) is 0 Å². The molecular weight excluding hydrogens is 235 g/mol. The number of hydrogen-bond acceptors (Lipinski definition) is 4. The Kier molecular flexibility index (Phi) is 3.94. The van der Waals surface area contributed by atoms with E-state index in [2.05, 4.69) is 10.3 Å². The van der Waals surface area contributed by atoms with E-state index in [4.69, 9.17) is 4.42 Å². The van der Waals surface area contributed by atoms with Crippen molar-refractivity contribution < 1.29 is 13.9 Å². The Morgan fingerprint density at radius 2 is 2.22 bits per heavy atom. The maximum Gasteiger partial charge on any atom is 0.208 e. The van der Waals surface area contributed by atoms with Gasteiger partial charge in [0.1, 0.15) is 5.76 Å². The zero-order chi connectivity index (χ0) is 13.0. The second kappa shape index (κ2) is 5.64. The van der Waals surface area contributed by atoms with Crippen LogP contribution in [0.25, 0.3) is 0 Å². The van der Waals surface area contributed by atoms with Crippen molar-refractivity contribution in [3.05, 3.63) is 47.4 Å². The Hall–Kier alpha value is -1.88. The van der Waals surface area contributed by atoms with E-state index in [1.54, 1.807) is 18.3 Å². The maximum atomic E-state index is 13.1. The highest BCUT2D eigenvalue weighted by Gasteiger charge is 2.07. The van der Waals surface area contributed by atoms with Gasteiger partial charge in [-0.3, -0.25) is 0 Å². The van der Waals surface area contributed by atoms with Gasteiger partial charge < -0.3 is 14.8 Å². The van der Waals surface area contributed by atoms with Crippen molar-refractivity contribution in [3.8, 4) is 5.75 Å². The molecule has 1 aromatic carbocycles. The number of aromatic nitrogens is 1. The number of oxazole rings is 1. The number of halogens is 1. The monoisotopic (exact) mass is 250 g/mol. The standard InChI is InChI=1S/C13H15FN2O2/c1-2-10-7-16-12(18-10)8-15-6-9-4-3-5-11(14)13(9)17/h3-5,7,15,17H,2,6,8H2,1H3. The molecule has 5 heteroatoms. The highest BCUT2D eigenvalue weighted by Crippen LogP contribution is 2.20. The molecule has 0 aliphatic rings. The number of phenols is 1. The summed E-state index contributed by atoms with van der Waals surface area (Å²) in [6, 6.07) is 4.45. The van der Waals surface area contributed by atoms with Gasteiger partial charge in [0.25, 0.3) is 0 Å². The molecule has 2 aromatic rings. The number of benzene rings is 1. The quantitative estimate of drug-likeness (QED) is 0.855. The molecule has 4 nitrogen and oxygen atoms in total. The van der Waals surface area contributed by atoms with Gasteiger partial charge in [0.2, 0.25) is 5.89 Å². The normalized spacial score (nSPS) is 10.8. The molecule has 1 heterocycles. The van der Waals surface area contributed by atoms with Crippen LogP contribution in [0.2, 0.25) is 0 Å². The predicted molar refractivity (Wildman–Crippen MR) is 64.5 cm³/mol. The van der Waals surface area contributed by atoms with Crippen molar-refractivity contribution in [2.45, 2.75) is 26.4 Å². The fourth-order valence-corrected chi connectivity index (χ4v) is 1.60. The van der Waals surface area contributed by atoms with Crippen LogP contribution in [0.15, 0.2) is 28.8 Å². The first kappa shape index (κ1) is 12.6. The summed E-state index contributed by atoms with van der Waals surface area (Å²) in [6.45, 7) is 2.78. The Morgan fingerprint density at radius 3 is 2.94 bits per heavy atom. The number of para-hydroxylation sites is 1. The van der Waals surface area contributed by atoms with Gasteiger partial charge in [0, 0.05) is 18.5 Å². The van der Waals surface area contributed by atoms with Crippen LogP contribution in [0.1, 0.15) is 24.1 Å². The van der Waals surface area contributed by atoms with Gasteiger partial charge in [-0.15, -0.1) is 0 Å². The number of phenolic OH excluding ortho intramolecular Hbond substituents is 1. The van der Waals surface area contributed by atoms with E-state index in [9.17, 15) is 9.50 Å². The number of nitrogens with zero attached hydrogens (tertiary/aromatic N) is 1. The highest BCUT2D eigenvalue weighted by molar-refractivity contribution is 5.33. The van der Waals surface area contributed by atoms with Gasteiger partial charge in [-0.25, -0.2) is 9.37 Å².